The number of carbonyl (C=O) groups excluding carboxylic acids is 1. The molecule has 132 valence electrons. The Kier molecular flexibility index (Phi) is 4.71. The zero-order chi connectivity index (χ0) is 17.9. The Morgan fingerprint density at radius 3 is 2.62 bits per heavy atom. The average molecular weight is 368 g/mol. The quantitative estimate of drug-likeness (QED) is 0.692. The SMILES string of the molecule is O=C(Cc1ccccc1Cl)N1CC(c2nc(Cc3ccccc3)no2)C1. The molecule has 1 fully saturated rings. The first-order chi connectivity index (χ1) is 12.7. The molecular formula is C20H18ClN3O2. The lowest BCUT2D eigenvalue weighted by Gasteiger charge is -2.37. The highest BCUT2D eigenvalue weighted by Gasteiger charge is 2.35. The van der Waals surface area contributed by atoms with Crippen LogP contribution in [0.15, 0.2) is 59.1 Å². The molecule has 0 atom stereocenters. The van der Waals surface area contributed by atoms with Gasteiger partial charge in [0, 0.05) is 24.5 Å². The molecule has 6 heteroatoms. The molecule has 0 aliphatic carbocycles. The second kappa shape index (κ2) is 7.30. The molecule has 0 spiro atoms. The first-order valence-corrected chi connectivity index (χ1v) is 8.94. The van der Waals surface area contributed by atoms with Gasteiger partial charge in [-0.05, 0) is 17.2 Å². The van der Waals surface area contributed by atoms with Crippen molar-refractivity contribution in [1.82, 2.24) is 15.0 Å². The number of aromatic nitrogens is 2. The van der Waals surface area contributed by atoms with Crippen LogP contribution in [-0.2, 0) is 17.6 Å². The summed E-state index contributed by atoms with van der Waals surface area (Å²) in [7, 11) is 0. The van der Waals surface area contributed by atoms with Crippen molar-refractivity contribution >= 4 is 17.5 Å². The molecule has 1 aromatic heterocycles. The van der Waals surface area contributed by atoms with Crippen molar-refractivity contribution in [3.8, 4) is 0 Å². The molecule has 1 amide bonds. The maximum atomic E-state index is 12.4. The average Bonchev–Trinajstić information content (AvgIpc) is 3.04. The Balaban J connectivity index is 1.32. The Bertz CT molecular complexity index is 904. The van der Waals surface area contributed by atoms with Gasteiger partial charge in [0.05, 0.1) is 12.3 Å². The van der Waals surface area contributed by atoms with Gasteiger partial charge in [-0.2, -0.15) is 4.98 Å². The number of benzene rings is 2. The highest BCUT2D eigenvalue weighted by molar-refractivity contribution is 6.31. The van der Waals surface area contributed by atoms with Gasteiger partial charge in [0.1, 0.15) is 0 Å². The van der Waals surface area contributed by atoms with Crippen molar-refractivity contribution in [1.29, 1.82) is 0 Å². The third-order valence-electron chi connectivity index (χ3n) is 4.57. The van der Waals surface area contributed by atoms with Crippen LogP contribution in [0.5, 0.6) is 0 Å². The van der Waals surface area contributed by atoms with Crippen molar-refractivity contribution < 1.29 is 9.32 Å². The van der Waals surface area contributed by atoms with E-state index in [1.54, 1.807) is 11.0 Å². The van der Waals surface area contributed by atoms with Gasteiger partial charge in [-0.1, -0.05) is 65.3 Å². The van der Waals surface area contributed by atoms with Crippen molar-refractivity contribution in [2.75, 3.05) is 13.1 Å². The summed E-state index contributed by atoms with van der Waals surface area (Å²) in [4.78, 5) is 18.7. The van der Waals surface area contributed by atoms with Gasteiger partial charge in [-0.25, -0.2) is 0 Å². The highest BCUT2D eigenvalue weighted by atomic mass is 35.5. The molecule has 2 heterocycles. The predicted molar refractivity (Wildman–Crippen MR) is 98.0 cm³/mol. The topological polar surface area (TPSA) is 59.2 Å². The Morgan fingerprint density at radius 1 is 1.12 bits per heavy atom. The van der Waals surface area contributed by atoms with E-state index in [0.29, 0.717) is 42.7 Å². The fourth-order valence-electron chi connectivity index (χ4n) is 3.04. The molecule has 0 N–H and O–H groups in total. The minimum atomic E-state index is 0.0679. The monoisotopic (exact) mass is 367 g/mol. The van der Waals surface area contributed by atoms with Gasteiger partial charge in [0.25, 0.3) is 0 Å². The van der Waals surface area contributed by atoms with Crippen LogP contribution in [0, 0.1) is 0 Å². The minimum Gasteiger partial charge on any atom is -0.341 e. The molecule has 4 rings (SSSR count). The summed E-state index contributed by atoms with van der Waals surface area (Å²) in [6, 6.07) is 17.5. The van der Waals surface area contributed by atoms with Gasteiger partial charge < -0.3 is 9.42 Å². The molecule has 1 saturated heterocycles. The second-order valence-corrected chi connectivity index (χ2v) is 6.88. The van der Waals surface area contributed by atoms with E-state index in [0.717, 1.165) is 11.1 Å². The van der Waals surface area contributed by atoms with Crippen LogP contribution in [0.1, 0.15) is 28.8 Å². The number of hydrogen-bond donors (Lipinski definition) is 0. The number of halogens is 1. The normalized spacial score (nSPS) is 14.3. The summed E-state index contributed by atoms with van der Waals surface area (Å²) in [6.45, 7) is 1.21. The Hall–Kier alpha value is -2.66. The zero-order valence-electron chi connectivity index (χ0n) is 14.1. The molecule has 0 unspecified atom stereocenters. The minimum absolute atomic E-state index is 0.0679. The van der Waals surface area contributed by atoms with Crippen LogP contribution < -0.4 is 0 Å². The van der Waals surface area contributed by atoms with Gasteiger partial charge in [-0.15, -0.1) is 0 Å². The molecule has 3 aromatic rings. The largest absolute Gasteiger partial charge is 0.341 e. The number of hydrogen-bond acceptors (Lipinski definition) is 4. The summed E-state index contributed by atoms with van der Waals surface area (Å²) < 4.78 is 5.39. The van der Waals surface area contributed by atoms with E-state index in [4.69, 9.17) is 16.1 Å². The van der Waals surface area contributed by atoms with E-state index in [1.165, 1.54) is 0 Å². The molecule has 26 heavy (non-hydrogen) atoms. The van der Waals surface area contributed by atoms with Crippen molar-refractivity contribution in [3.05, 3.63) is 82.5 Å². The summed E-state index contributed by atoms with van der Waals surface area (Å²) in [5.41, 5.74) is 2.00. The van der Waals surface area contributed by atoms with E-state index in [1.807, 2.05) is 48.5 Å². The van der Waals surface area contributed by atoms with Crippen LogP contribution in [0.3, 0.4) is 0 Å². The third kappa shape index (κ3) is 3.63. The maximum absolute atomic E-state index is 12.4. The lowest BCUT2D eigenvalue weighted by Crippen LogP contribution is -2.49. The summed E-state index contributed by atoms with van der Waals surface area (Å²) in [5.74, 6) is 1.46. The van der Waals surface area contributed by atoms with E-state index in [2.05, 4.69) is 10.1 Å². The molecule has 1 aliphatic rings. The van der Waals surface area contributed by atoms with Crippen molar-refractivity contribution in [3.63, 3.8) is 0 Å². The van der Waals surface area contributed by atoms with Crippen molar-refractivity contribution in [2.24, 2.45) is 0 Å². The fourth-order valence-corrected chi connectivity index (χ4v) is 3.24. The zero-order valence-corrected chi connectivity index (χ0v) is 14.9. The van der Waals surface area contributed by atoms with Gasteiger partial charge >= 0.3 is 0 Å². The Labute approximate surface area is 156 Å². The summed E-state index contributed by atoms with van der Waals surface area (Å²) in [5, 5.41) is 4.68. The third-order valence-corrected chi connectivity index (χ3v) is 4.94. The summed E-state index contributed by atoms with van der Waals surface area (Å²) in [6.07, 6.45) is 0.960. The van der Waals surface area contributed by atoms with Gasteiger partial charge in [0.2, 0.25) is 11.8 Å². The lowest BCUT2D eigenvalue weighted by molar-refractivity contribution is -0.135. The predicted octanol–water partition coefficient (Wildman–Crippen LogP) is 3.48. The maximum Gasteiger partial charge on any atom is 0.233 e. The van der Waals surface area contributed by atoms with Crippen LogP contribution in [0.4, 0.5) is 0 Å². The number of likely N-dealkylation sites (tertiary alicyclic amines) is 1. The van der Waals surface area contributed by atoms with Gasteiger partial charge in [0.15, 0.2) is 5.82 Å². The number of rotatable bonds is 5. The Morgan fingerprint density at radius 2 is 1.85 bits per heavy atom. The van der Waals surface area contributed by atoms with Crippen LogP contribution in [0.2, 0.25) is 5.02 Å². The standard InChI is InChI=1S/C20H18ClN3O2/c21-17-9-5-4-8-15(17)11-19(25)24-12-16(13-24)20-22-18(23-26-20)10-14-6-2-1-3-7-14/h1-9,16H,10-13H2. The second-order valence-electron chi connectivity index (χ2n) is 6.48. The molecule has 2 aromatic carbocycles. The molecular weight excluding hydrogens is 350 g/mol. The number of carbonyl (C=O) groups is 1. The highest BCUT2D eigenvalue weighted by Crippen LogP contribution is 2.27. The molecule has 1 aliphatic heterocycles. The van der Waals surface area contributed by atoms with E-state index < -0.39 is 0 Å². The first-order valence-electron chi connectivity index (χ1n) is 8.56. The van der Waals surface area contributed by atoms with Crippen molar-refractivity contribution in [2.45, 2.75) is 18.8 Å². The van der Waals surface area contributed by atoms with Crippen LogP contribution in [0.25, 0.3) is 0 Å². The van der Waals surface area contributed by atoms with E-state index >= 15 is 0 Å². The molecule has 0 radical (unpaired) electrons. The lowest BCUT2D eigenvalue weighted by atomic mass is 9.98. The first kappa shape index (κ1) is 16.8. The fraction of sp³-hybridized carbons (Fsp3) is 0.250. The number of amides is 1. The van der Waals surface area contributed by atoms with Crippen LogP contribution in [-0.4, -0.2) is 34.0 Å². The number of nitrogens with zero attached hydrogens (tertiary/aromatic N) is 3. The van der Waals surface area contributed by atoms with E-state index in [9.17, 15) is 4.79 Å². The molecule has 0 bridgehead atoms. The summed E-state index contributed by atoms with van der Waals surface area (Å²) >= 11 is 6.12. The van der Waals surface area contributed by atoms with Crippen LogP contribution >= 0.6 is 11.6 Å². The van der Waals surface area contributed by atoms with Gasteiger partial charge in [-0.3, -0.25) is 4.79 Å². The molecule has 5 nitrogen and oxygen atoms in total. The smallest absolute Gasteiger partial charge is 0.233 e. The van der Waals surface area contributed by atoms with E-state index in [-0.39, 0.29) is 11.8 Å². The molecule has 0 saturated carbocycles.